The number of benzene rings is 1. The Morgan fingerprint density at radius 2 is 2.16 bits per heavy atom. The molecule has 7 heteroatoms. The number of hydrogen-bond donors (Lipinski definition) is 3. The fraction of sp³-hybridized carbons (Fsp3) is 0.417. The van der Waals surface area contributed by atoms with Crippen molar-refractivity contribution in [2.75, 3.05) is 18.9 Å². The van der Waals surface area contributed by atoms with E-state index in [1.807, 2.05) is 0 Å². The van der Waals surface area contributed by atoms with Crippen LogP contribution in [0.25, 0.3) is 0 Å². The molecule has 4 nitrogen and oxygen atoms in total. The summed E-state index contributed by atoms with van der Waals surface area (Å²) in [5.74, 6) is -0.101. The predicted molar refractivity (Wildman–Crippen MR) is 77.9 cm³/mol. The van der Waals surface area contributed by atoms with Crippen molar-refractivity contribution in [2.24, 2.45) is 0 Å². The molecule has 1 atom stereocenters. The van der Waals surface area contributed by atoms with Gasteiger partial charge in [0.15, 0.2) is 0 Å². The van der Waals surface area contributed by atoms with E-state index < -0.39 is 12.2 Å². The third-order valence-corrected chi connectivity index (χ3v) is 3.99. The molecule has 106 valence electrons. The molecule has 1 amide bonds. The van der Waals surface area contributed by atoms with E-state index in [1.165, 1.54) is 18.7 Å². The lowest BCUT2D eigenvalue weighted by molar-refractivity contribution is -0.120. The summed E-state index contributed by atoms with van der Waals surface area (Å²) in [5, 5.41) is 22.0. The van der Waals surface area contributed by atoms with Crippen molar-refractivity contribution >= 4 is 40.9 Å². The molecule has 3 N–H and O–H groups in total. The van der Waals surface area contributed by atoms with Crippen LogP contribution in [-0.2, 0) is 4.79 Å². The molecular formula is C12H15Cl2NO3S. The molecule has 1 aromatic carbocycles. The zero-order valence-corrected chi connectivity index (χ0v) is 12.6. The van der Waals surface area contributed by atoms with Crippen molar-refractivity contribution in [3.63, 3.8) is 0 Å². The maximum Gasteiger partial charge on any atom is 0.230 e. The fourth-order valence-electron chi connectivity index (χ4n) is 1.13. The Kier molecular flexibility index (Phi) is 6.42. The minimum Gasteiger partial charge on any atom is -0.393 e. The molecule has 1 aromatic rings. The molecule has 0 heterocycles. The van der Waals surface area contributed by atoms with Crippen molar-refractivity contribution < 1.29 is 15.0 Å². The standard InChI is InChI=1S/C12H15Cl2NO3S/c1-12(18,7-16)6-15-11(17)5-19-10-4-8(13)2-3-9(10)14/h2-4,16,18H,5-7H2,1H3,(H,15,17). The summed E-state index contributed by atoms with van der Waals surface area (Å²) in [6.07, 6.45) is 0. The minimum absolute atomic E-state index is 0.00777. The Labute approximate surface area is 126 Å². The van der Waals surface area contributed by atoms with Crippen LogP contribution >= 0.6 is 35.0 Å². The highest BCUT2D eigenvalue weighted by atomic mass is 35.5. The van der Waals surface area contributed by atoms with Crippen LogP contribution in [0.15, 0.2) is 23.1 Å². The largest absolute Gasteiger partial charge is 0.393 e. The van der Waals surface area contributed by atoms with Crippen molar-refractivity contribution in [3.8, 4) is 0 Å². The van der Waals surface area contributed by atoms with E-state index in [2.05, 4.69) is 5.32 Å². The number of amides is 1. The average Bonchev–Trinajstić information content (AvgIpc) is 2.37. The highest BCUT2D eigenvalue weighted by Crippen LogP contribution is 2.29. The van der Waals surface area contributed by atoms with Crippen LogP contribution in [0.2, 0.25) is 10.0 Å². The predicted octanol–water partition coefficient (Wildman–Crippen LogP) is 1.94. The minimum atomic E-state index is -1.31. The molecule has 1 unspecified atom stereocenters. The maximum atomic E-state index is 11.6. The van der Waals surface area contributed by atoms with Gasteiger partial charge in [0.1, 0.15) is 5.60 Å². The normalized spacial score (nSPS) is 13.9. The Balaban J connectivity index is 2.44. The lowest BCUT2D eigenvalue weighted by Crippen LogP contribution is -2.43. The summed E-state index contributed by atoms with van der Waals surface area (Å²) in [5.41, 5.74) is -1.31. The Morgan fingerprint density at radius 1 is 1.47 bits per heavy atom. The average molecular weight is 324 g/mol. The second-order valence-electron chi connectivity index (χ2n) is 4.30. The van der Waals surface area contributed by atoms with Crippen LogP contribution in [-0.4, -0.2) is 40.6 Å². The summed E-state index contributed by atoms with van der Waals surface area (Å²) in [4.78, 5) is 12.3. The number of thioether (sulfide) groups is 1. The quantitative estimate of drug-likeness (QED) is 0.700. The summed E-state index contributed by atoms with van der Waals surface area (Å²) in [6, 6.07) is 5.03. The molecule has 1 rings (SSSR count). The van der Waals surface area contributed by atoms with E-state index >= 15 is 0 Å². The van der Waals surface area contributed by atoms with E-state index in [-0.39, 0.29) is 18.2 Å². The smallest absolute Gasteiger partial charge is 0.230 e. The SMILES string of the molecule is CC(O)(CO)CNC(=O)CSc1cc(Cl)ccc1Cl. The zero-order chi connectivity index (χ0) is 14.5. The van der Waals surface area contributed by atoms with Gasteiger partial charge in [0.2, 0.25) is 5.91 Å². The lowest BCUT2D eigenvalue weighted by Gasteiger charge is -2.20. The summed E-state index contributed by atoms with van der Waals surface area (Å²) in [7, 11) is 0. The molecule has 0 aromatic heterocycles. The van der Waals surface area contributed by atoms with E-state index in [9.17, 15) is 9.90 Å². The van der Waals surface area contributed by atoms with E-state index in [0.717, 1.165) is 4.90 Å². The molecule has 0 bridgehead atoms. The van der Waals surface area contributed by atoms with Gasteiger partial charge in [-0.05, 0) is 25.1 Å². The molecule has 0 spiro atoms. The molecule has 0 aliphatic carbocycles. The Bertz CT molecular complexity index is 455. The number of halogens is 2. The number of aliphatic hydroxyl groups excluding tert-OH is 1. The van der Waals surface area contributed by atoms with Crippen LogP contribution in [0, 0.1) is 0 Å². The van der Waals surface area contributed by atoms with Crippen molar-refractivity contribution in [2.45, 2.75) is 17.4 Å². The van der Waals surface area contributed by atoms with Gasteiger partial charge in [0, 0.05) is 16.5 Å². The molecule has 0 radical (unpaired) electrons. The fourth-order valence-corrected chi connectivity index (χ4v) is 2.45. The molecular weight excluding hydrogens is 309 g/mol. The third-order valence-electron chi connectivity index (χ3n) is 2.26. The first-order chi connectivity index (χ1) is 8.84. The van der Waals surface area contributed by atoms with Gasteiger partial charge in [-0.2, -0.15) is 0 Å². The van der Waals surface area contributed by atoms with E-state index in [0.29, 0.717) is 10.0 Å². The van der Waals surface area contributed by atoms with Gasteiger partial charge >= 0.3 is 0 Å². The molecule has 0 aliphatic heterocycles. The monoisotopic (exact) mass is 323 g/mol. The van der Waals surface area contributed by atoms with Gasteiger partial charge in [-0.1, -0.05) is 23.2 Å². The lowest BCUT2D eigenvalue weighted by atomic mass is 10.1. The van der Waals surface area contributed by atoms with Gasteiger partial charge < -0.3 is 15.5 Å². The molecule has 0 saturated heterocycles. The van der Waals surface area contributed by atoms with Crippen LogP contribution < -0.4 is 5.32 Å². The van der Waals surface area contributed by atoms with Gasteiger partial charge in [0.25, 0.3) is 0 Å². The Morgan fingerprint density at radius 3 is 2.79 bits per heavy atom. The molecule has 0 fully saturated rings. The first-order valence-electron chi connectivity index (χ1n) is 5.52. The first kappa shape index (κ1) is 16.6. The van der Waals surface area contributed by atoms with E-state index in [1.54, 1.807) is 18.2 Å². The molecule has 19 heavy (non-hydrogen) atoms. The van der Waals surface area contributed by atoms with Crippen molar-refractivity contribution in [1.29, 1.82) is 0 Å². The number of carbonyl (C=O) groups is 1. The van der Waals surface area contributed by atoms with Crippen LogP contribution in [0.4, 0.5) is 0 Å². The number of rotatable bonds is 6. The van der Waals surface area contributed by atoms with Crippen molar-refractivity contribution in [3.05, 3.63) is 28.2 Å². The van der Waals surface area contributed by atoms with E-state index in [4.69, 9.17) is 28.3 Å². The molecule has 0 saturated carbocycles. The second kappa shape index (κ2) is 7.36. The molecule has 0 aliphatic rings. The van der Waals surface area contributed by atoms with Crippen molar-refractivity contribution in [1.82, 2.24) is 5.32 Å². The van der Waals surface area contributed by atoms with Crippen LogP contribution in [0.1, 0.15) is 6.92 Å². The zero-order valence-electron chi connectivity index (χ0n) is 10.3. The third kappa shape index (κ3) is 6.01. The highest BCUT2D eigenvalue weighted by Gasteiger charge is 2.19. The number of hydrogen-bond acceptors (Lipinski definition) is 4. The van der Waals surface area contributed by atoms with Crippen LogP contribution in [0.5, 0.6) is 0 Å². The topological polar surface area (TPSA) is 69.6 Å². The summed E-state index contributed by atoms with van der Waals surface area (Å²) in [6.45, 7) is 1.01. The second-order valence-corrected chi connectivity index (χ2v) is 6.16. The summed E-state index contributed by atoms with van der Waals surface area (Å²) >= 11 is 13.1. The van der Waals surface area contributed by atoms with Gasteiger partial charge in [-0.25, -0.2) is 0 Å². The highest BCUT2D eigenvalue weighted by molar-refractivity contribution is 8.00. The van der Waals surface area contributed by atoms with Gasteiger partial charge in [0.05, 0.1) is 17.4 Å². The Hall–Kier alpha value is -0.460. The number of nitrogens with one attached hydrogen (secondary N) is 1. The first-order valence-corrected chi connectivity index (χ1v) is 7.26. The van der Waals surface area contributed by atoms with Gasteiger partial charge in [-0.3, -0.25) is 4.79 Å². The maximum absolute atomic E-state index is 11.6. The van der Waals surface area contributed by atoms with Gasteiger partial charge in [-0.15, -0.1) is 11.8 Å². The number of aliphatic hydroxyl groups is 2. The summed E-state index contributed by atoms with van der Waals surface area (Å²) < 4.78 is 0. The number of carbonyl (C=O) groups excluding carboxylic acids is 1. The van der Waals surface area contributed by atoms with Crippen LogP contribution in [0.3, 0.4) is 0 Å².